The van der Waals surface area contributed by atoms with E-state index in [0.29, 0.717) is 17.1 Å². The van der Waals surface area contributed by atoms with Crippen molar-refractivity contribution in [2.75, 3.05) is 28.7 Å². The molecule has 5 nitrogen and oxygen atoms in total. The summed E-state index contributed by atoms with van der Waals surface area (Å²) >= 11 is 0. The van der Waals surface area contributed by atoms with E-state index in [4.69, 9.17) is 8.22 Å². The topological polar surface area (TPSA) is 17.9 Å². The third-order valence-electron chi connectivity index (χ3n) is 9.82. The standard InChI is InChI=1S/C43H31N5.Pt/c1-44-24-25-46(28-44)32-15-10-14-31(26-32)43(30-12-4-3-5-13-30)36-18-11-17-35-34-16-6-7-19-38(34)48(42(35)36)39-23-22-33(27-37(39)43)47-29-45(2)40-20-8-9-21-41(40)47;/h3-25,28-29H,1-2H3;/q-4;+4/i1D3,2D3;. The Bertz CT molecular complexity index is 2650. The van der Waals surface area contributed by atoms with Gasteiger partial charge < -0.3 is 24.2 Å². The molecule has 4 heterocycles. The summed E-state index contributed by atoms with van der Waals surface area (Å²) in [4.78, 5) is 6.21. The van der Waals surface area contributed by atoms with E-state index in [1.165, 1.54) is 9.80 Å². The molecule has 49 heavy (non-hydrogen) atoms. The molecule has 0 bridgehead atoms. The fourth-order valence-corrected chi connectivity index (χ4v) is 7.84. The summed E-state index contributed by atoms with van der Waals surface area (Å²) in [7, 11) is 0. The predicted octanol–water partition coefficient (Wildman–Crippen LogP) is 9.13. The molecule has 1 unspecified atom stereocenters. The van der Waals surface area contributed by atoms with Crippen LogP contribution in [0.15, 0.2) is 140 Å². The zero-order valence-corrected chi connectivity index (χ0v) is 28.3. The first kappa shape index (κ1) is 24.0. The third-order valence-corrected chi connectivity index (χ3v) is 9.82. The van der Waals surface area contributed by atoms with Crippen LogP contribution in [0.4, 0.5) is 22.7 Å². The molecule has 7 aromatic rings. The first-order valence-electron chi connectivity index (χ1n) is 18.9. The molecule has 0 aliphatic carbocycles. The van der Waals surface area contributed by atoms with Crippen molar-refractivity contribution in [3.8, 4) is 5.69 Å². The van der Waals surface area contributed by atoms with Crippen molar-refractivity contribution >= 4 is 44.6 Å². The number of anilines is 4. The Kier molecular flexibility index (Phi) is 5.45. The van der Waals surface area contributed by atoms with Crippen LogP contribution in [-0.4, -0.2) is 23.4 Å². The molecule has 6 aromatic carbocycles. The van der Waals surface area contributed by atoms with Gasteiger partial charge in [-0.3, -0.25) is 0 Å². The molecule has 10 rings (SSSR count). The van der Waals surface area contributed by atoms with Crippen LogP contribution in [0.3, 0.4) is 0 Å². The largest absolute Gasteiger partial charge is 4.00 e. The van der Waals surface area contributed by atoms with Gasteiger partial charge in [0.05, 0.1) is 0 Å². The Balaban J connectivity index is 0.00000397. The number of fused-ring (bicyclic) bond motifs is 6. The number of aromatic nitrogens is 1. The van der Waals surface area contributed by atoms with Crippen molar-refractivity contribution in [1.29, 1.82) is 0 Å². The molecule has 1 atom stereocenters. The Morgan fingerprint density at radius 2 is 1.43 bits per heavy atom. The van der Waals surface area contributed by atoms with Crippen LogP contribution in [0.5, 0.6) is 0 Å². The minimum absolute atomic E-state index is 0. The van der Waals surface area contributed by atoms with E-state index in [2.05, 4.69) is 83.4 Å². The summed E-state index contributed by atoms with van der Waals surface area (Å²) in [5.74, 6) is 0. The van der Waals surface area contributed by atoms with E-state index in [9.17, 15) is 0 Å². The Hall–Kier alpha value is -5.25. The molecule has 0 N–H and O–H groups in total. The quantitative estimate of drug-likeness (QED) is 0.165. The first-order chi connectivity index (χ1) is 26.0. The fourth-order valence-electron chi connectivity index (χ4n) is 7.84. The number of nitrogens with zero attached hydrogens (tertiary/aromatic N) is 5. The van der Waals surface area contributed by atoms with E-state index < -0.39 is 19.4 Å². The van der Waals surface area contributed by atoms with Crippen molar-refractivity contribution in [3.63, 3.8) is 0 Å². The van der Waals surface area contributed by atoms with Gasteiger partial charge in [-0.2, -0.15) is 43.7 Å². The van der Waals surface area contributed by atoms with Crippen molar-refractivity contribution in [2.45, 2.75) is 5.41 Å². The molecule has 238 valence electrons. The van der Waals surface area contributed by atoms with E-state index in [0.717, 1.165) is 55.4 Å². The summed E-state index contributed by atoms with van der Waals surface area (Å²) < 4.78 is 51.2. The molecule has 0 spiro atoms. The smallest absolute Gasteiger partial charge is 0.510 e. The summed E-state index contributed by atoms with van der Waals surface area (Å²) in [6.07, 6.45) is 3.27. The van der Waals surface area contributed by atoms with Gasteiger partial charge in [-0.1, -0.05) is 84.6 Å². The van der Waals surface area contributed by atoms with Crippen molar-refractivity contribution in [2.24, 2.45) is 0 Å². The van der Waals surface area contributed by atoms with Crippen molar-refractivity contribution in [1.82, 2.24) is 9.47 Å². The van der Waals surface area contributed by atoms with Crippen molar-refractivity contribution in [3.05, 3.63) is 188 Å². The maximum atomic E-state index is 8.33. The first-order valence-corrected chi connectivity index (χ1v) is 15.9. The summed E-state index contributed by atoms with van der Waals surface area (Å²) in [6.45, 7) is -1.52. The number of hydrogen-bond donors (Lipinski definition) is 0. The Labute approximate surface area is 309 Å². The molecule has 0 saturated heterocycles. The van der Waals surface area contributed by atoms with Gasteiger partial charge >= 0.3 is 21.1 Å². The van der Waals surface area contributed by atoms with Gasteiger partial charge in [-0.25, -0.2) is 0 Å². The monoisotopic (exact) mass is 818 g/mol. The van der Waals surface area contributed by atoms with Gasteiger partial charge in [-0.15, -0.1) is 34.6 Å². The maximum absolute atomic E-state index is 8.33. The molecule has 0 radical (unpaired) electrons. The van der Waals surface area contributed by atoms with Gasteiger partial charge in [-0.05, 0) is 55.7 Å². The fraction of sp³-hybridized carbons (Fsp3) is 0.0698. The van der Waals surface area contributed by atoms with Crippen LogP contribution in [0.25, 0.3) is 27.5 Å². The van der Waals surface area contributed by atoms with Crippen LogP contribution in [0, 0.1) is 25.5 Å². The summed E-state index contributed by atoms with van der Waals surface area (Å²) in [5.41, 5.74) is 8.53. The van der Waals surface area contributed by atoms with Crippen LogP contribution >= 0.6 is 0 Å². The van der Waals surface area contributed by atoms with Crippen LogP contribution in [0.2, 0.25) is 0 Å². The number of rotatable bonds is 4. The normalized spacial score (nSPS) is 19.8. The van der Waals surface area contributed by atoms with E-state index in [1.54, 1.807) is 30.6 Å². The number of hydrogen-bond acceptors (Lipinski definition) is 4. The average Bonchev–Trinajstić information content (AvgIpc) is 3.92. The Morgan fingerprint density at radius 1 is 0.633 bits per heavy atom. The van der Waals surface area contributed by atoms with Gasteiger partial charge in [0.1, 0.15) is 0 Å². The molecule has 3 aliphatic rings. The van der Waals surface area contributed by atoms with Gasteiger partial charge in [0, 0.05) is 46.8 Å². The zero-order chi connectivity index (χ0) is 37.0. The molecule has 1 aromatic heterocycles. The third kappa shape index (κ3) is 4.15. The van der Waals surface area contributed by atoms with Crippen LogP contribution < -0.4 is 14.7 Å². The van der Waals surface area contributed by atoms with Gasteiger partial charge in [0.15, 0.2) is 0 Å². The SMILES string of the molecule is [2H]C([2H])([2H])N1C=CN(c2[c-]c(C3(c4ccccc4)c4[c-]c(N5[CH-]N(C([2H])([2H])[2H])c6ccccc65)ccc4-n4c5ccccc5c5cccc3c54)ccc2)[CH-]1.[Pt+4]. The molecular formula is C43H31N5Pt. The number of benzene rings is 6. The van der Waals surface area contributed by atoms with Gasteiger partial charge in [0.25, 0.3) is 0 Å². The summed E-state index contributed by atoms with van der Waals surface area (Å²) in [5, 5.41) is 2.25. The maximum Gasteiger partial charge on any atom is 4.00 e. The van der Waals surface area contributed by atoms with Crippen LogP contribution in [-0.2, 0) is 26.5 Å². The molecule has 0 fully saturated rings. The molecule has 3 aliphatic heterocycles. The minimum Gasteiger partial charge on any atom is -0.510 e. The predicted molar refractivity (Wildman–Crippen MR) is 195 cm³/mol. The average molecular weight is 819 g/mol. The second-order valence-electron chi connectivity index (χ2n) is 12.3. The van der Waals surface area contributed by atoms with E-state index in [-0.39, 0.29) is 21.1 Å². The van der Waals surface area contributed by atoms with E-state index >= 15 is 0 Å². The minimum atomic E-state index is -2.40. The molecule has 0 amide bonds. The van der Waals surface area contributed by atoms with Crippen LogP contribution in [0.1, 0.15) is 30.5 Å². The summed E-state index contributed by atoms with van der Waals surface area (Å²) in [6, 6.07) is 50.5. The second kappa shape index (κ2) is 11.1. The second-order valence-corrected chi connectivity index (χ2v) is 12.3. The van der Waals surface area contributed by atoms with Gasteiger partial charge in [0.2, 0.25) is 0 Å². The van der Waals surface area contributed by atoms with Crippen molar-refractivity contribution < 1.29 is 29.3 Å². The molecular weight excluding hydrogens is 782 g/mol. The zero-order valence-electron chi connectivity index (χ0n) is 32.0. The Morgan fingerprint density at radius 3 is 2.29 bits per heavy atom. The molecule has 6 heteroatoms. The van der Waals surface area contributed by atoms with E-state index in [1.807, 2.05) is 65.6 Å². The molecule has 0 saturated carbocycles. The number of para-hydroxylation sites is 4.